The van der Waals surface area contributed by atoms with Crippen molar-refractivity contribution in [1.82, 2.24) is 10.2 Å². The molecule has 0 spiro atoms. The molecule has 1 heterocycles. The topological polar surface area (TPSA) is 114 Å². The van der Waals surface area contributed by atoms with E-state index in [2.05, 4.69) is 23.2 Å². The maximum Gasteiger partial charge on any atom is 0.254 e. The number of nitrogens with two attached hydrogens (primary N) is 2. The number of anilines is 1. The first-order valence-corrected chi connectivity index (χ1v) is 16.2. The molecule has 0 saturated carbocycles. The van der Waals surface area contributed by atoms with Gasteiger partial charge < -0.3 is 31.3 Å². The zero-order chi connectivity index (χ0) is 32.6. The lowest BCUT2D eigenvalue weighted by Crippen LogP contribution is -2.55. The molecule has 0 radical (unpaired) electrons. The van der Waals surface area contributed by atoms with Gasteiger partial charge in [-0.3, -0.25) is 9.59 Å². The van der Waals surface area contributed by atoms with Gasteiger partial charge in [0, 0.05) is 62.1 Å². The molecule has 1 atom stereocenters. The molecular formula is C38H45N5O3. The highest BCUT2D eigenvalue weighted by molar-refractivity contribution is 6.02. The van der Waals surface area contributed by atoms with E-state index in [0.29, 0.717) is 57.0 Å². The van der Waals surface area contributed by atoms with E-state index in [1.54, 1.807) is 0 Å². The van der Waals surface area contributed by atoms with Crippen LogP contribution in [0.15, 0.2) is 84.9 Å². The van der Waals surface area contributed by atoms with Crippen LogP contribution < -0.4 is 26.4 Å². The van der Waals surface area contributed by atoms with Crippen molar-refractivity contribution in [3.63, 3.8) is 0 Å². The van der Waals surface area contributed by atoms with Crippen molar-refractivity contribution in [2.24, 2.45) is 11.5 Å². The Morgan fingerprint density at radius 2 is 1.63 bits per heavy atom. The number of ether oxygens (including phenoxy) is 1. The normalized spacial score (nSPS) is 14.7. The number of nitrogens with zero attached hydrogens (tertiary/aromatic N) is 2. The van der Waals surface area contributed by atoms with Crippen LogP contribution in [0.5, 0.6) is 5.75 Å². The molecule has 8 nitrogen and oxygen atoms in total. The standard InChI is InChI=1S/C38H45N5O3/c1-4-30-25-42(38(45)32-16-10-26(3)22-33(32)28-13-11-27(24-40)12-14-28)20-21-43(30)35-17-15-29(23-34(35)37(44)41-19-18-39)31-8-6-7-9-36(31)46-5-2/h6-17,22-23,30H,4-5,18-21,24-25,39-40H2,1-3H3,(H,41,44). The van der Waals surface area contributed by atoms with Crippen molar-refractivity contribution in [1.29, 1.82) is 0 Å². The Bertz CT molecular complexity index is 1670. The first-order chi connectivity index (χ1) is 22.4. The number of amides is 2. The summed E-state index contributed by atoms with van der Waals surface area (Å²) in [6.07, 6.45) is 0.809. The summed E-state index contributed by atoms with van der Waals surface area (Å²) in [6, 6.07) is 28.0. The number of aryl methyl sites for hydroxylation is 1. The Kier molecular flexibility index (Phi) is 10.7. The molecule has 1 fully saturated rings. The number of benzene rings is 4. The molecule has 0 aromatic heterocycles. The number of rotatable bonds is 11. The van der Waals surface area contributed by atoms with Crippen molar-refractivity contribution < 1.29 is 14.3 Å². The lowest BCUT2D eigenvalue weighted by atomic mass is 9.95. The smallest absolute Gasteiger partial charge is 0.254 e. The van der Waals surface area contributed by atoms with Gasteiger partial charge in [0.15, 0.2) is 0 Å². The molecule has 2 amide bonds. The van der Waals surface area contributed by atoms with Crippen LogP contribution in [0.3, 0.4) is 0 Å². The second kappa shape index (κ2) is 15.1. The van der Waals surface area contributed by atoms with Gasteiger partial charge >= 0.3 is 0 Å². The Morgan fingerprint density at radius 3 is 2.35 bits per heavy atom. The second-order valence-corrected chi connectivity index (χ2v) is 11.7. The summed E-state index contributed by atoms with van der Waals surface area (Å²) >= 11 is 0. The Labute approximate surface area is 272 Å². The summed E-state index contributed by atoms with van der Waals surface area (Å²) in [6.45, 7) is 9.56. The summed E-state index contributed by atoms with van der Waals surface area (Å²) in [5, 5.41) is 2.97. The van der Waals surface area contributed by atoms with Gasteiger partial charge in [-0.1, -0.05) is 73.2 Å². The highest BCUT2D eigenvalue weighted by Crippen LogP contribution is 2.35. The molecule has 8 heteroatoms. The van der Waals surface area contributed by atoms with Gasteiger partial charge in [0.2, 0.25) is 0 Å². The van der Waals surface area contributed by atoms with Crippen molar-refractivity contribution >= 4 is 17.5 Å². The average Bonchev–Trinajstić information content (AvgIpc) is 3.10. The summed E-state index contributed by atoms with van der Waals surface area (Å²) in [7, 11) is 0. The summed E-state index contributed by atoms with van der Waals surface area (Å²) < 4.78 is 5.89. The first kappa shape index (κ1) is 32.7. The Morgan fingerprint density at radius 1 is 0.870 bits per heavy atom. The van der Waals surface area contributed by atoms with Gasteiger partial charge in [-0.15, -0.1) is 0 Å². The van der Waals surface area contributed by atoms with Crippen LogP contribution in [0, 0.1) is 6.92 Å². The number of hydrogen-bond acceptors (Lipinski definition) is 6. The van der Waals surface area contributed by atoms with E-state index in [0.717, 1.165) is 51.2 Å². The SMILES string of the molecule is CCOc1ccccc1-c1ccc(N2CCN(C(=O)c3ccc(C)cc3-c3ccc(CN)cc3)CC2CC)c(C(=O)NCCN)c1. The largest absolute Gasteiger partial charge is 0.493 e. The van der Waals surface area contributed by atoms with Gasteiger partial charge in [-0.05, 0) is 66.8 Å². The van der Waals surface area contributed by atoms with Crippen molar-refractivity contribution in [2.75, 3.05) is 44.2 Å². The van der Waals surface area contributed by atoms with E-state index in [-0.39, 0.29) is 17.9 Å². The highest BCUT2D eigenvalue weighted by Gasteiger charge is 2.32. The molecule has 1 saturated heterocycles. The molecule has 1 unspecified atom stereocenters. The third-order valence-corrected chi connectivity index (χ3v) is 8.63. The zero-order valence-corrected chi connectivity index (χ0v) is 27.1. The van der Waals surface area contributed by atoms with Crippen LogP contribution in [0.2, 0.25) is 0 Å². The number of hydrogen-bond donors (Lipinski definition) is 3. The molecular weight excluding hydrogens is 574 g/mol. The van der Waals surface area contributed by atoms with Gasteiger partial charge in [0.1, 0.15) is 5.75 Å². The van der Waals surface area contributed by atoms with Crippen LogP contribution in [0.25, 0.3) is 22.3 Å². The molecule has 46 heavy (non-hydrogen) atoms. The minimum Gasteiger partial charge on any atom is -0.493 e. The number of carbonyl (C=O) groups is 2. The monoisotopic (exact) mass is 619 g/mol. The third kappa shape index (κ3) is 7.09. The second-order valence-electron chi connectivity index (χ2n) is 11.7. The molecule has 4 aromatic carbocycles. The minimum absolute atomic E-state index is 0.0137. The van der Waals surface area contributed by atoms with Gasteiger partial charge in [0.25, 0.3) is 11.8 Å². The molecule has 0 aliphatic carbocycles. The molecule has 5 rings (SSSR count). The van der Waals surface area contributed by atoms with Crippen LogP contribution in [0.1, 0.15) is 52.1 Å². The van der Waals surface area contributed by atoms with Crippen molar-refractivity contribution in [3.8, 4) is 28.0 Å². The first-order valence-electron chi connectivity index (χ1n) is 16.2. The van der Waals surface area contributed by atoms with Gasteiger partial charge in [-0.2, -0.15) is 0 Å². The predicted octanol–water partition coefficient (Wildman–Crippen LogP) is 5.62. The fourth-order valence-electron chi connectivity index (χ4n) is 6.18. The summed E-state index contributed by atoms with van der Waals surface area (Å²) in [5.41, 5.74) is 19.6. The average molecular weight is 620 g/mol. The van der Waals surface area contributed by atoms with Crippen LogP contribution in [0.4, 0.5) is 5.69 Å². The minimum atomic E-state index is -0.172. The lowest BCUT2D eigenvalue weighted by molar-refractivity contribution is 0.0720. The fourth-order valence-corrected chi connectivity index (χ4v) is 6.18. The Balaban J connectivity index is 1.45. The third-order valence-electron chi connectivity index (χ3n) is 8.63. The maximum absolute atomic E-state index is 14.1. The lowest BCUT2D eigenvalue weighted by Gasteiger charge is -2.43. The number of carbonyl (C=O) groups excluding carboxylic acids is 2. The predicted molar refractivity (Wildman–Crippen MR) is 186 cm³/mol. The van der Waals surface area contributed by atoms with Gasteiger partial charge in [0.05, 0.1) is 12.2 Å². The molecule has 1 aliphatic rings. The van der Waals surface area contributed by atoms with E-state index in [4.69, 9.17) is 16.2 Å². The van der Waals surface area contributed by atoms with E-state index in [9.17, 15) is 9.59 Å². The number of para-hydroxylation sites is 1. The zero-order valence-electron chi connectivity index (χ0n) is 27.1. The summed E-state index contributed by atoms with van der Waals surface area (Å²) in [5.74, 6) is 0.615. The molecule has 4 aromatic rings. The van der Waals surface area contributed by atoms with Crippen LogP contribution >= 0.6 is 0 Å². The van der Waals surface area contributed by atoms with E-state index in [1.807, 2.05) is 97.6 Å². The quantitative estimate of drug-likeness (QED) is 0.201. The number of nitrogens with one attached hydrogen (secondary N) is 1. The Hall–Kier alpha value is -4.66. The molecule has 1 aliphatic heterocycles. The van der Waals surface area contributed by atoms with E-state index in [1.165, 1.54) is 0 Å². The van der Waals surface area contributed by atoms with Crippen molar-refractivity contribution in [3.05, 3.63) is 107 Å². The highest BCUT2D eigenvalue weighted by atomic mass is 16.5. The maximum atomic E-state index is 14.1. The van der Waals surface area contributed by atoms with Crippen LogP contribution in [-0.4, -0.2) is 62.1 Å². The fraction of sp³-hybridized carbons (Fsp3) is 0.316. The molecule has 0 bridgehead atoms. The van der Waals surface area contributed by atoms with Crippen LogP contribution in [-0.2, 0) is 6.54 Å². The molecule has 5 N–H and O–H groups in total. The number of piperazine rings is 1. The van der Waals surface area contributed by atoms with E-state index < -0.39 is 0 Å². The van der Waals surface area contributed by atoms with Crippen molar-refractivity contribution in [2.45, 2.75) is 39.8 Å². The molecule has 240 valence electrons. The summed E-state index contributed by atoms with van der Waals surface area (Å²) in [4.78, 5) is 31.9. The van der Waals surface area contributed by atoms with E-state index >= 15 is 0 Å². The van der Waals surface area contributed by atoms with Gasteiger partial charge in [-0.25, -0.2) is 0 Å².